The molecular formula is C23H31ClN6O2. The van der Waals surface area contributed by atoms with Crippen molar-refractivity contribution < 1.29 is 0 Å². The van der Waals surface area contributed by atoms with Crippen LogP contribution < -0.4 is 11.2 Å². The Balaban J connectivity index is 1.50. The average Bonchev–Trinajstić information content (AvgIpc) is 3.13. The zero-order chi connectivity index (χ0) is 22.7. The topological polar surface area (TPSA) is 79.2 Å². The average molecular weight is 459 g/mol. The molecule has 1 fully saturated rings. The largest absolute Gasteiger partial charge is 0.330 e. The summed E-state index contributed by atoms with van der Waals surface area (Å²) < 4.78 is 3.56. The van der Waals surface area contributed by atoms with E-state index in [9.17, 15) is 9.59 Å². The number of aromatic amines is 1. The number of hydrogen-bond acceptors (Lipinski definition) is 5. The predicted molar refractivity (Wildman–Crippen MR) is 127 cm³/mol. The van der Waals surface area contributed by atoms with Crippen LogP contribution in [-0.4, -0.2) is 55.1 Å². The number of aromatic nitrogens is 4. The van der Waals surface area contributed by atoms with E-state index in [1.807, 2.05) is 29.7 Å². The van der Waals surface area contributed by atoms with Crippen LogP contribution in [-0.2, 0) is 26.2 Å². The fraction of sp³-hybridized carbons (Fsp3) is 0.522. The molecule has 0 saturated carbocycles. The van der Waals surface area contributed by atoms with E-state index in [4.69, 9.17) is 16.6 Å². The third-order valence-corrected chi connectivity index (χ3v) is 6.38. The minimum atomic E-state index is -0.377. The van der Waals surface area contributed by atoms with Crippen LogP contribution >= 0.6 is 11.6 Å². The lowest BCUT2D eigenvalue weighted by molar-refractivity contribution is 0.119. The molecule has 4 rings (SSSR count). The van der Waals surface area contributed by atoms with Gasteiger partial charge in [0.1, 0.15) is 5.82 Å². The van der Waals surface area contributed by atoms with Gasteiger partial charge in [-0.15, -0.1) is 0 Å². The number of aryl methyl sites for hydroxylation is 2. The number of benzene rings is 1. The number of H-pyrrole nitrogens is 1. The normalized spacial score (nSPS) is 15.6. The highest BCUT2D eigenvalue weighted by atomic mass is 35.5. The summed E-state index contributed by atoms with van der Waals surface area (Å²) in [4.78, 5) is 37.0. The summed E-state index contributed by atoms with van der Waals surface area (Å²) in [5, 5.41) is 0.770. The van der Waals surface area contributed by atoms with Gasteiger partial charge in [0.2, 0.25) is 0 Å². The molecule has 32 heavy (non-hydrogen) atoms. The van der Waals surface area contributed by atoms with Crippen LogP contribution in [0.5, 0.6) is 0 Å². The molecule has 1 N–H and O–H groups in total. The predicted octanol–water partition coefficient (Wildman–Crippen LogP) is 2.68. The molecule has 1 aliphatic rings. The van der Waals surface area contributed by atoms with Crippen LogP contribution in [0.2, 0.25) is 5.02 Å². The number of hydrogen-bond donors (Lipinski definition) is 1. The van der Waals surface area contributed by atoms with Crippen LogP contribution in [0, 0.1) is 0 Å². The molecule has 0 atom stereocenters. The molecule has 0 unspecified atom stereocenters. The Morgan fingerprint density at radius 3 is 2.41 bits per heavy atom. The molecule has 1 saturated heterocycles. The van der Waals surface area contributed by atoms with Gasteiger partial charge in [0.05, 0.1) is 6.54 Å². The summed E-state index contributed by atoms with van der Waals surface area (Å²) in [5.41, 5.74) is 1.49. The Morgan fingerprint density at radius 1 is 1.03 bits per heavy atom. The zero-order valence-corrected chi connectivity index (χ0v) is 19.6. The first-order valence-corrected chi connectivity index (χ1v) is 11.8. The van der Waals surface area contributed by atoms with Gasteiger partial charge in [0.15, 0.2) is 11.2 Å². The number of nitrogens with one attached hydrogen (secondary N) is 1. The fourth-order valence-corrected chi connectivity index (χ4v) is 4.61. The minimum Gasteiger partial charge on any atom is -0.321 e. The summed E-state index contributed by atoms with van der Waals surface area (Å²) in [6, 6.07) is 8.02. The summed E-state index contributed by atoms with van der Waals surface area (Å²) in [6.45, 7) is 10.6. The smallest absolute Gasteiger partial charge is 0.321 e. The van der Waals surface area contributed by atoms with Crippen LogP contribution in [0.3, 0.4) is 0 Å². The Hall–Kier alpha value is -2.42. The van der Waals surface area contributed by atoms with Gasteiger partial charge in [0, 0.05) is 50.8 Å². The highest BCUT2D eigenvalue weighted by molar-refractivity contribution is 6.30. The van der Waals surface area contributed by atoms with Crippen molar-refractivity contribution >= 4 is 22.8 Å². The monoisotopic (exact) mass is 458 g/mol. The van der Waals surface area contributed by atoms with E-state index in [1.165, 1.54) is 5.56 Å². The standard InChI is InChI=1S/C23H31ClN6O2/c1-3-5-9-30-21-20(22(31)26-23(30)32)29(4-2)19(25-21)16-28-12-10-27(11-13-28)15-17-7-6-8-18(24)14-17/h6-8,14H,3-5,9-13,15-16H2,1-2H3,(H,26,31,32). The molecule has 1 aromatic carbocycles. The maximum Gasteiger partial charge on any atom is 0.330 e. The molecule has 3 heterocycles. The lowest BCUT2D eigenvalue weighted by Gasteiger charge is -2.34. The van der Waals surface area contributed by atoms with Crippen molar-refractivity contribution in [3.8, 4) is 0 Å². The molecule has 172 valence electrons. The van der Waals surface area contributed by atoms with Gasteiger partial charge in [-0.1, -0.05) is 37.1 Å². The summed E-state index contributed by atoms with van der Waals surface area (Å²) in [6.07, 6.45) is 1.83. The highest BCUT2D eigenvalue weighted by Gasteiger charge is 2.22. The van der Waals surface area contributed by atoms with Gasteiger partial charge in [0.25, 0.3) is 5.56 Å². The second-order valence-corrected chi connectivity index (χ2v) is 8.83. The highest BCUT2D eigenvalue weighted by Crippen LogP contribution is 2.17. The number of piperazine rings is 1. The van der Waals surface area contributed by atoms with E-state index in [-0.39, 0.29) is 11.2 Å². The quantitative estimate of drug-likeness (QED) is 0.561. The summed E-state index contributed by atoms with van der Waals surface area (Å²) in [7, 11) is 0. The Bertz CT molecular complexity index is 1190. The van der Waals surface area contributed by atoms with Crippen molar-refractivity contribution in [1.82, 2.24) is 28.9 Å². The summed E-state index contributed by atoms with van der Waals surface area (Å²) in [5.74, 6) is 0.840. The second-order valence-electron chi connectivity index (χ2n) is 8.39. The third kappa shape index (κ3) is 4.82. The first-order valence-electron chi connectivity index (χ1n) is 11.4. The number of rotatable bonds is 8. The van der Waals surface area contributed by atoms with Crippen molar-refractivity contribution in [3.63, 3.8) is 0 Å². The molecule has 0 aliphatic carbocycles. The van der Waals surface area contributed by atoms with E-state index in [1.54, 1.807) is 4.57 Å². The fourth-order valence-electron chi connectivity index (χ4n) is 4.40. The van der Waals surface area contributed by atoms with E-state index in [0.29, 0.717) is 30.8 Å². The Kier molecular flexibility index (Phi) is 7.13. The maximum atomic E-state index is 12.6. The maximum absolute atomic E-state index is 12.6. The van der Waals surface area contributed by atoms with Crippen LogP contribution in [0.4, 0.5) is 0 Å². The number of unbranched alkanes of at least 4 members (excludes halogenated alkanes) is 1. The number of fused-ring (bicyclic) bond motifs is 1. The number of halogens is 1. The SMILES string of the molecule is CCCCn1c(=O)[nH]c(=O)c2c1nc(CN1CCN(Cc3cccc(Cl)c3)CC1)n2CC. The first kappa shape index (κ1) is 22.8. The van der Waals surface area contributed by atoms with Gasteiger partial charge in [-0.05, 0) is 31.0 Å². The van der Waals surface area contributed by atoms with Crippen LogP contribution in [0.15, 0.2) is 33.9 Å². The van der Waals surface area contributed by atoms with Gasteiger partial charge in [-0.25, -0.2) is 9.78 Å². The van der Waals surface area contributed by atoms with Gasteiger partial charge < -0.3 is 4.57 Å². The van der Waals surface area contributed by atoms with Crippen molar-refractivity contribution in [2.24, 2.45) is 0 Å². The molecule has 0 amide bonds. The molecule has 8 nitrogen and oxygen atoms in total. The van der Waals surface area contributed by atoms with Crippen LogP contribution in [0.25, 0.3) is 11.2 Å². The minimum absolute atomic E-state index is 0.357. The molecule has 1 aliphatic heterocycles. The second kappa shape index (κ2) is 10.0. The van der Waals surface area contributed by atoms with Crippen molar-refractivity contribution in [3.05, 3.63) is 61.5 Å². The molecular weight excluding hydrogens is 428 g/mol. The van der Waals surface area contributed by atoms with Crippen molar-refractivity contribution in [2.45, 2.75) is 52.9 Å². The van der Waals surface area contributed by atoms with Gasteiger partial charge >= 0.3 is 5.69 Å². The number of nitrogens with zero attached hydrogens (tertiary/aromatic N) is 5. The van der Waals surface area contributed by atoms with Crippen molar-refractivity contribution in [2.75, 3.05) is 26.2 Å². The molecule has 3 aromatic rings. The van der Waals surface area contributed by atoms with Crippen LogP contribution in [0.1, 0.15) is 38.1 Å². The van der Waals surface area contributed by atoms with E-state index in [0.717, 1.165) is 56.4 Å². The van der Waals surface area contributed by atoms with Gasteiger partial charge in [-0.2, -0.15) is 0 Å². The zero-order valence-electron chi connectivity index (χ0n) is 18.8. The van der Waals surface area contributed by atoms with E-state index in [2.05, 4.69) is 27.8 Å². The molecule has 0 bridgehead atoms. The van der Waals surface area contributed by atoms with E-state index < -0.39 is 0 Å². The van der Waals surface area contributed by atoms with Gasteiger partial charge in [-0.3, -0.25) is 24.1 Å². The summed E-state index contributed by atoms with van der Waals surface area (Å²) >= 11 is 6.12. The van der Waals surface area contributed by atoms with E-state index >= 15 is 0 Å². The molecule has 2 aromatic heterocycles. The number of imidazole rings is 1. The Labute approximate surface area is 192 Å². The lowest BCUT2D eigenvalue weighted by atomic mass is 10.2. The molecule has 9 heteroatoms. The lowest BCUT2D eigenvalue weighted by Crippen LogP contribution is -2.45. The van der Waals surface area contributed by atoms with Crippen molar-refractivity contribution in [1.29, 1.82) is 0 Å². The third-order valence-electron chi connectivity index (χ3n) is 6.14. The molecule has 0 spiro atoms. The molecule has 0 radical (unpaired) electrons. The Morgan fingerprint density at radius 2 is 1.75 bits per heavy atom. The first-order chi connectivity index (χ1) is 15.5.